The number of nitrogens with two attached hydrogens (primary N) is 1. The maximum Gasteiger partial charge on any atom is 0.130 e. The van der Waals surface area contributed by atoms with Gasteiger partial charge in [0.15, 0.2) is 0 Å². The van der Waals surface area contributed by atoms with Crippen LogP contribution in [0.25, 0.3) is 11.3 Å². The van der Waals surface area contributed by atoms with E-state index in [4.69, 9.17) is 5.73 Å². The van der Waals surface area contributed by atoms with Gasteiger partial charge in [-0.2, -0.15) is 0 Å². The summed E-state index contributed by atoms with van der Waals surface area (Å²) in [6.07, 6.45) is 1.42. The maximum atomic E-state index is 13.6. The molecule has 0 saturated carbocycles. The van der Waals surface area contributed by atoms with E-state index in [1.54, 1.807) is 13.0 Å². The number of anilines is 1. The van der Waals surface area contributed by atoms with Crippen molar-refractivity contribution in [1.29, 1.82) is 0 Å². The van der Waals surface area contributed by atoms with Gasteiger partial charge in [-0.1, -0.05) is 26.0 Å². The first-order chi connectivity index (χ1) is 8.52. The molecule has 1 heterocycles. The van der Waals surface area contributed by atoms with Crippen molar-refractivity contribution in [2.24, 2.45) is 0 Å². The molecule has 0 saturated heterocycles. The molecule has 2 aromatic rings. The molecule has 0 atom stereocenters. The quantitative estimate of drug-likeness (QED) is 0.883. The number of hydrogen-bond acceptors (Lipinski definition) is 3. The Bertz CT molecular complexity index is 579. The number of rotatable bonds is 2. The molecule has 2 N–H and O–H groups in total. The molecule has 1 aromatic carbocycles. The van der Waals surface area contributed by atoms with Crippen LogP contribution in [0, 0.1) is 12.7 Å². The summed E-state index contributed by atoms with van der Waals surface area (Å²) in [7, 11) is 0. The Hall–Kier alpha value is -1.97. The minimum atomic E-state index is -0.237. The smallest absolute Gasteiger partial charge is 0.130 e. The van der Waals surface area contributed by atoms with Crippen LogP contribution in [0.4, 0.5) is 10.2 Å². The summed E-state index contributed by atoms with van der Waals surface area (Å²) in [5, 5.41) is 0. The molecule has 18 heavy (non-hydrogen) atoms. The second-order valence-corrected chi connectivity index (χ2v) is 4.59. The lowest BCUT2D eigenvalue weighted by Crippen LogP contribution is -2.05. The Labute approximate surface area is 106 Å². The van der Waals surface area contributed by atoms with Crippen LogP contribution in [0.2, 0.25) is 0 Å². The number of hydrogen-bond donors (Lipinski definition) is 1. The molecule has 4 heteroatoms. The van der Waals surface area contributed by atoms with Gasteiger partial charge in [0.1, 0.15) is 18.0 Å². The molecule has 0 aliphatic rings. The van der Waals surface area contributed by atoms with Crippen molar-refractivity contribution in [3.63, 3.8) is 0 Å². The van der Waals surface area contributed by atoms with Crippen molar-refractivity contribution in [3.05, 3.63) is 41.5 Å². The normalized spacial score (nSPS) is 10.9. The third kappa shape index (κ3) is 2.06. The first-order valence-electron chi connectivity index (χ1n) is 5.88. The molecule has 94 valence electrons. The summed E-state index contributed by atoms with van der Waals surface area (Å²) < 4.78 is 13.6. The average molecular weight is 245 g/mol. The van der Waals surface area contributed by atoms with Crippen LogP contribution < -0.4 is 5.73 Å². The minimum Gasteiger partial charge on any atom is -0.383 e. The Balaban J connectivity index is 2.72. The van der Waals surface area contributed by atoms with Gasteiger partial charge in [0.05, 0.1) is 5.69 Å². The van der Waals surface area contributed by atoms with Crippen LogP contribution in [0.3, 0.4) is 0 Å². The summed E-state index contributed by atoms with van der Waals surface area (Å²) in [4.78, 5) is 8.29. The van der Waals surface area contributed by atoms with Crippen LogP contribution in [0.15, 0.2) is 24.5 Å². The Morgan fingerprint density at radius 3 is 2.61 bits per heavy atom. The molecule has 0 fully saturated rings. The molecule has 2 rings (SSSR count). The molecule has 0 bridgehead atoms. The van der Waals surface area contributed by atoms with Crippen molar-refractivity contribution in [1.82, 2.24) is 9.97 Å². The highest BCUT2D eigenvalue weighted by atomic mass is 19.1. The molecule has 0 unspecified atom stereocenters. The van der Waals surface area contributed by atoms with E-state index in [1.165, 1.54) is 12.4 Å². The molecular formula is C14H16FN3. The van der Waals surface area contributed by atoms with E-state index in [2.05, 4.69) is 9.97 Å². The van der Waals surface area contributed by atoms with E-state index in [1.807, 2.05) is 19.9 Å². The van der Waals surface area contributed by atoms with Crippen molar-refractivity contribution in [2.45, 2.75) is 26.7 Å². The van der Waals surface area contributed by atoms with Gasteiger partial charge >= 0.3 is 0 Å². The van der Waals surface area contributed by atoms with Gasteiger partial charge in [0.25, 0.3) is 0 Å². The largest absolute Gasteiger partial charge is 0.383 e. The van der Waals surface area contributed by atoms with Gasteiger partial charge < -0.3 is 5.73 Å². The second kappa shape index (κ2) is 4.72. The Kier molecular flexibility index (Phi) is 3.28. The van der Waals surface area contributed by atoms with Crippen molar-refractivity contribution in [3.8, 4) is 11.3 Å². The van der Waals surface area contributed by atoms with E-state index in [-0.39, 0.29) is 11.7 Å². The van der Waals surface area contributed by atoms with Gasteiger partial charge in [-0.15, -0.1) is 0 Å². The zero-order chi connectivity index (χ0) is 13.3. The molecule has 0 aliphatic heterocycles. The highest BCUT2D eigenvalue weighted by molar-refractivity contribution is 5.71. The van der Waals surface area contributed by atoms with E-state index < -0.39 is 0 Å². The predicted octanol–water partition coefficient (Wildman–Crippen LogP) is 3.30. The highest BCUT2D eigenvalue weighted by Gasteiger charge is 2.16. The average Bonchev–Trinajstić information content (AvgIpc) is 2.32. The summed E-state index contributed by atoms with van der Waals surface area (Å²) >= 11 is 0. The second-order valence-electron chi connectivity index (χ2n) is 4.59. The zero-order valence-electron chi connectivity index (χ0n) is 10.7. The predicted molar refractivity (Wildman–Crippen MR) is 70.7 cm³/mol. The number of benzene rings is 1. The first kappa shape index (κ1) is 12.5. The molecule has 0 radical (unpaired) electrons. The zero-order valence-corrected chi connectivity index (χ0v) is 10.7. The Morgan fingerprint density at radius 1 is 1.22 bits per heavy atom. The van der Waals surface area contributed by atoms with E-state index in [9.17, 15) is 4.39 Å². The molecule has 3 nitrogen and oxygen atoms in total. The molecular weight excluding hydrogens is 229 g/mol. The fourth-order valence-electron chi connectivity index (χ4n) is 2.06. The third-order valence-electron chi connectivity index (χ3n) is 3.01. The SMILES string of the molecule is Cc1c(F)cccc1-c1ncnc(N)c1C(C)C. The summed E-state index contributed by atoms with van der Waals surface area (Å²) in [5.74, 6) is 0.405. The van der Waals surface area contributed by atoms with Crippen molar-refractivity contribution >= 4 is 5.82 Å². The number of halogens is 1. The molecule has 0 spiro atoms. The van der Waals surface area contributed by atoms with Gasteiger partial charge in [-0.3, -0.25) is 0 Å². The van der Waals surface area contributed by atoms with E-state index >= 15 is 0 Å². The number of nitrogens with zero attached hydrogens (tertiary/aromatic N) is 2. The molecule has 0 aliphatic carbocycles. The van der Waals surface area contributed by atoms with Gasteiger partial charge in [-0.05, 0) is 24.5 Å². The number of nitrogen functional groups attached to an aromatic ring is 1. The lowest BCUT2D eigenvalue weighted by molar-refractivity contribution is 0.619. The van der Waals surface area contributed by atoms with Crippen LogP contribution in [-0.2, 0) is 0 Å². The van der Waals surface area contributed by atoms with Crippen LogP contribution in [0.1, 0.15) is 30.9 Å². The van der Waals surface area contributed by atoms with Crippen molar-refractivity contribution < 1.29 is 4.39 Å². The number of aromatic nitrogens is 2. The van der Waals surface area contributed by atoms with Gasteiger partial charge in [0, 0.05) is 11.1 Å². The highest BCUT2D eigenvalue weighted by Crippen LogP contribution is 2.32. The topological polar surface area (TPSA) is 51.8 Å². The fraction of sp³-hybridized carbons (Fsp3) is 0.286. The summed E-state index contributed by atoms with van der Waals surface area (Å²) in [6.45, 7) is 5.79. The standard InChI is InChI=1S/C14H16FN3/c1-8(2)12-13(17-7-18-14(12)16)10-5-4-6-11(15)9(10)3/h4-8H,1-3H3,(H2,16,17,18). The van der Waals surface area contributed by atoms with Crippen LogP contribution >= 0.6 is 0 Å². The third-order valence-corrected chi connectivity index (χ3v) is 3.01. The van der Waals surface area contributed by atoms with E-state index in [0.29, 0.717) is 11.4 Å². The minimum absolute atomic E-state index is 0.184. The Morgan fingerprint density at radius 2 is 1.94 bits per heavy atom. The van der Waals surface area contributed by atoms with Gasteiger partial charge in [0.2, 0.25) is 0 Å². The lowest BCUT2D eigenvalue weighted by Gasteiger charge is -2.15. The van der Waals surface area contributed by atoms with Crippen LogP contribution in [-0.4, -0.2) is 9.97 Å². The molecule has 1 aromatic heterocycles. The summed E-state index contributed by atoms with van der Waals surface area (Å²) in [6, 6.07) is 4.98. The van der Waals surface area contributed by atoms with E-state index in [0.717, 1.165) is 16.8 Å². The summed E-state index contributed by atoms with van der Waals surface area (Å²) in [5.41, 5.74) is 8.84. The molecule has 0 amide bonds. The monoisotopic (exact) mass is 245 g/mol. The van der Waals surface area contributed by atoms with Crippen LogP contribution in [0.5, 0.6) is 0 Å². The maximum absolute atomic E-state index is 13.6. The fourth-order valence-corrected chi connectivity index (χ4v) is 2.06. The van der Waals surface area contributed by atoms with Crippen molar-refractivity contribution in [2.75, 3.05) is 5.73 Å². The first-order valence-corrected chi connectivity index (χ1v) is 5.88. The van der Waals surface area contributed by atoms with Gasteiger partial charge in [-0.25, -0.2) is 14.4 Å². The lowest BCUT2D eigenvalue weighted by atomic mass is 9.95.